The molecule has 1 aromatic heterocycles. The van der Waals surface area contributed by atoms with Gasteiger partial charge in [0.2, 0.25) is 0 Å². The van der Waals surface area contributed by atoms with Crippen LogP contribution >= 0.6 is 0 Å². The van der Waals surface area contributed by atoms with Crippen molar-refractivity contribution in [2.45, 2.75) is 33.2 Å². The van der Waals surface area contributed by atoms with Crippen LogP contribution in [0, 0.1) is 12.8 Å². The lowest BCUT2D eigenvalue weighted by Gasteiger charge is -2.35. The minimum Gasteiger partial charge on any atom is -0.366 e. The quantitative estimate of drug-likeness (QED) is 0.864. The van der Waals surface area contributed by atoms with E-state index in [1.165, 1.54) is 12.1 Å². The van der Waals surface area contributed by atoms with Gasteiger partial charge in [0.05, 0.1) is 11.4 Å². The Balaban J connectivity index is 2.04. The van der Waals surface area contributed by atoms with E-state index >= 15 is 0 Å². The zero-order valence-corrected chi connectivity index (χ0v) is 11.4. The van der Waals surface area contributed by atoms with Crippen molar-refractivity contribution in [2.24, 2.45) is 13.0 Å². The maximum absolute atomic E-state index is 4.43. The van der Waals surface area contributed by atoms with Gasteiger partial charge in [0.1, 0.15) is 0 Å². The van der Waals surface area contributed by atoms with E-state index in [0.29, 0.717) is 6.04 Å². The molecule has 1 fully saturated rings. The molecule has 1 aliphatic rings. The van der Waals surface area contributed by atoms with E-state index < -0.39 is 0 Å². The molecule has 96 valence electrons. The molecular formula is C13H24N4. The summed E-state index contributed by atoms with van der Waals surface area (Å²) in [5, 5.41) is 8.03. The highest BCUT2D eigenvalue weighted by molar-refractivity contribution is 5.49. The molecule has 1 aromatic rings. The van der Waals surface area contributed by atoms with Crippen molar-refractivity contribution < 1.29 is 0 Å². The van der Waals surface area contributed by atoms with Crippen LogP contribution in [0.1, 0.15) is 26.0 Å². The Bertz CT molecular complexity index is 369. The molecule has 1 N–H and O–H groups in total. The summed E-state index contributed by atoms with van der Waals surface area (Å²) in [6.45, 7) is 9.93. The molecule has 4 nitrogen and oxygen atoms in total. The molecule has 2 heterocycles. The highest BCUT2D eigenvalue weighted by Crippen LogP contribution is 2.20. The summed E-state index contributed by atoms with van der Waals surface area (Å²) in [5.74, 6) is 0.752. The van der Waals surface area contributed by atoms with E-state index in [1.54, 1.807) is 0 Å². The fourth-order valence-electron chi connectivity index (χ4n) is 2.67. The van der Waals surface area contributed by atoms with Crippen molar-refractivity contribution in [3.8, 4) is 0 Å². The van der Waals surface area contributed by atoms with Crippen molar-refractivity contribution in [1.29, 1.82) is 0 Å². The van der Waals surface area contributed by atoms with E-state index in [4.69, 9.17) is 0 Å². The van der Waals surface area contributed by atoms with Crippen LogP contribution in [0.25, 0.3) is 0 Å². The minimum atomic E-state index is 0.614. The zero-order chi connectivity index (χ0) is 12.4. The number of aryl methyl sites for hydroxylation is 2. The van der Waals surface area contributed by atoms with E-state index in [9.17, 15) is 0 Å². The summed E-state index contributed by atoms with van der Waals surface area (Å²) in [6, 6.07) is 0.614. The molecule has 0 amide bonds. The SMILES string of the molecule is Cc1nn(C)cc1N1CCNC(CC(C)C)C1. The maximum Gasteiger partial charge on any atom is 0.0827 e. The largest absolute Gasteiger partial charge is 0.366 e. The van der Waals surface area contributed by atoms with Crippen molar-refractivity contribution >= 4 is 5.69 Å². The smallest absolute Gasteiger partial charge is 0.0827 e. The van der Waals surface area contributed by atoms with Gasteiger partial charge in [-0.15, -0.1) is 0 Å². The van der Waals surface area contributed by atoms with E-state index in [-0.39, 0.29) is 0 Å². The van der Waals surface area contributed by atoms with E-state index in [0.717, 1.165) is 31.2 Å². The summed E-state index contributed by atoms with van der Waals surface area (Å²) >= 11 is 0. The summed E-state index contributed by atoms with van der Waals surface area (Å²) in [5.41, 5.74) is 2.43. The summed E-state index contributed by atoms with van der Waals surface area (Å²) in [4.78, 5) is 2.46. The Hall–Kier alpha value is -1.03. The second kappa shape index (κ2) is 5.08. The predicted molar refractivity (Wildman–Crippen MR) is 71.4 cm³/mol. The zero-order valence-electron chi connectivity index (χ0n) is 11.4. The third-order valence-corrected chi connectivity index (χ3v) is 3.34. The molecule has 0 bridgehead atoms. The Morgan fingerprint density at radius 1 is 1.53 bits per heavy atom. The topological polar surface area (TPSA) is 33.1 Å². The Labute approximate surface area is 104 Å². The fourth-order valence-corrected chi connectivity index (χ4v) is 2.67. The second-order valence-corrected chi connectivity index (χ2v) is 5.50. The number of piperazine rings is 1. The van der Waals surface area contributed by atoms with Crippen LogP contribution in [0.4, 0.5) is 5.69 Å². The number of nitrogens with zero attached hydrogens (tertiary/aromatic N) is 3. The number of hydrogen-bond acceptors (Lipinski definition) is 3. The third-order valence-electron chi connectivity index (χ3n) is 3.34. The first-order valence-electron chi connectivity index (χ1n) is 6.55. The van der Waals surface area contributed by atoms with Gasteiger partial charge in [-0.2, -0.15) is 5.10 Å². The van der Waals surface area contributed by atoms with Gasteiger partial charge in [0, 0.05) is 38.9 Å². The van der Waals surface area contributed by atoms with Crippen LogP contribution in [-0.2, 0) is 7.05 Å². The second-order valence-electron chi connectivity index (χ2n) is 5.50. The normalized spacial score (nSPS) is 21.2. The third kappa shape index (κ3) is 3.00. The number of aromatic nitrogens is 2. The monoisotopic (exact) mass is 236 g/mol. The number of nitrogens with one attached hydrogen (secondary N) is 1. The molecule has 1 unspecified atom stereocenters. The Morgan fingerprint density at radius 2 is 2.29 bits per heavy atom. The van der Waals surface area contributed by atoms with Gasteiger partial charge in [-0.05, 0) is 19.3 Å². The fraction of sp³-hybridized carbons (Fsp3) is 0.769. The Kier molecular flexibility index (Phi) is 3.72. The molecule has 4 heteroatoms. The van der Waals surface area contributed by atoms with Gasteiger partial charge >= 0.3 is 0 Å². The lowest BCUT2D eigenvalue weighted by atomic mass is 10.0. The number of hydrogen-bond donors (Lipinski definition) is 1. The lowest BCUT2D eigenvalue weighted by Crippen LogP contribution is -2.51. The van der Waals surface area contributed by atoms with Crippen LogP contribution in [0.3, 0.4) is 0 Å². The first-order valence-corrected chi connectivity index (χ1v) is 6.55. The molecule has 1 atom stereocenters. The highest BCUT2D eigenvalue weighted by atomic mass is 15.3. The number of anilines is 1. The minimum absolute atomic E-state index is 0.614. The maximum atomic E-state index is 4.43. The van der Waals surface area contributed by atoms with Crippen molar-refractivity contribution in [3.05, 3.63) is 11.9 Å². The number of rotatable bonds is 3. The van der Waals surface area contributed by atoms with Crippen molar-refractivity contribution in [1.82, 2.24) is 15.1 Å². The first kappa shape index (κ1) is 12.4. The predicted octanol–water partition coefficient (Wildman–Crippen LogP) is 1.55. The van der Waals surface area contributed by atoms with Gasteiger partial charge < -0.3 is 10.2 Å². The lowest BCUT2D eigenvalue weighted by molar-refractivity contribution is 0.388. The van der Waals surface area contributed by atoms with Crippen LogP contribution in [0.2, 0.25) is 0 Å². The van der Waals surface area contributed by atoms with Gasteiger partial charge in [-0.25, -0.2) is 0 Å². The summed E-state index contributed by atoms with van der Waals surface area (Å²) in [6.07, 6.45) is 3.38. The average molecular weight is 236 g/mol. The van der Waals surface area contributed by atoms with Crippen LogP contribution in [0.5, 0.6) is 0 Å². The van der Waals surface area contributed by atoms with E-state index in [1.807, 2.05) is 11.7 Å². The van der Waals surface area contributed by atoms with Crippen LogP contribution in [0.15, 0.2) is 6.20 Å². The molecule has 0 radical (unpaired) electrons. The van der Waals surface area contributed by atoms with Crippen LogP contribution < -0.4 is 10.2 Å². The molecule has 2 rings (SSSR count). The molecule has 0 saturated carbocycles. The van der Waals surface area contributed by atoms with Crippen molar-refractivity contribution in [3.63, 3.8) is 0 Å². The van der Waals surface area contributed by atoms with E-state index in [2.05, 4.69) is 42.3 Å². The molecule has 0 spiro atoms. The van der Waals surface area contributed by atoms with Gasteiger partial charge in [0.25, 0.3) is 0 Å². The van der Waals surface area contributed by atoms with Crippen LogP contribution in [-0.4, -0.2) is 35.5 Å². The molecule has 0 aliphatic carbocycles. The highest BCUT2D eigenvalue weighted by Gasteiger charge is 2.22. The first-order chi connectivity index (χ1) is 8.06. The molecule has 0 aromatic carbocycles. The average Bonchev–Trinajstić information content (AvgIpc) is 2.57. The van der Waals surface area contributed by atoms with Gasteiger partial charge in [-0.3, -0.25) is 4.68 Å². The molecule has 1 aliphatic heterocycles. The van der Waals surface area contributed by atoms with Crippen molar-refractivity contribution in [2.75, 3.05) is 24.5 Å². The van der Waals surface area contributed by atoms with Gasteiger partial charge in [-0.1, -0.05) is 13.8 Å². The Morgan fingerprint density at radius 3 is 2.88 bits per heavy atom. The molecular weight excluding hydrogens is 212 g/mol. The van der Waals surface area contributed by atoms with Gasteiger partial charge in [0.15, 0.2) is 0 Å². The molecule has 1 saturated heterocycles. The molecule has 17 heavy (non-hydrogen) atoms. The summed E-state index contributed by atoms with van der Waals surface area (Å²) in [7, 11) is 1.99. The standard InChI is InChI=1S/C13H24N4/c1-10(2)7-12-8-17(6-5-14-12)13-9-16(4)15-11(13)3/h9-10,12,14H,5-8H2,1-4H3. The summed E-state index contributed by atoms with van der Waals surface area (Å²) < 4.78 is 1.91.